The molecule has 2 nitrogen and oxygen atoms in total. The van der Waals surface area contributed by atoms with E-state index in [1.165, 1.54) is 56.9 Å². The van der Waals surface area contributed by atoms with Gasteiger partial charge in [-0.15, -0.1) is 0 Å². The maximum absolute atomic E-state index is 6.02. The van der Waals surface area contributed by atoms with Gasteiger partial charge in [-0.3, -0.25) is 0 Å². The molecule has 0 N–H and O–H groups in total. The first-order valence-electron chi connectivity index (χ1n) is 9.84. The van der Waals surface area contributed by atoms with Crippen LogP contribution in [0.1, 0.15) is 68.9 Å². The van der Waals surface area contributed by atoms with Crippen LogP contribution in [0.3, 0.4) is 0 Å². The smallest absolute Gasteiger partial charge is 0.127 e. The van der Waals surface area contributed by atoms with Gasteiger partial charge in [-0.05, 0) is 91.4 Å². The molecule has 0 spiro atoms. The second-order valence-corrected chi connectivity index (χ2v) is 8.18. The average Bonchev–Trinajstić information content (AvgIpc) is 2.66. The fourth-order valence-electron chi connectivity index (χ4n) is 6.57. The van der Waals surface area contributed by atoms with E-state index in [0.717, 1.165) is 23.5 Å². The quantitative estimate of drug-likeness (QED) is 0.764. The lowest BCUT2D eigenvalue weighted by Crippen LogP contribution is -2.53. The average molecular weight is 327 g/mol. The van der Waals surface area contributed by atoms with Gasteiger partial charge in [0.25, 0.3) is 0 Å². The second-order valence-electron chi connectivity index (χ2n) is 8.18. The number of benzene rings is 1. The van der Waals surface area contributed by atoms with Crippen molar-refractivity contribution in [3.63, 3.8) is 0 Å². The minimum absolute atomic E-state index is 0.427. The zero-order chi connectivity index (χ0) is 16.7. The third-order valence-electron chi connectivity index (χ3n) is 7.67. The minimum atomic E-state index is 0.427. The van der Waals surface area contributed by atoms with Crippen LogP contribution in [0.2, 0.25) is 0 Å². The Morgan fingerprint density at radius 1 is 1.21 bits per heavy atom. The molecule has 1 aromatic rings. The molecule has 5 atom stereocenters. The summed E-state index contributed by atoms with van der Waals surface area (Å²) in [6.45, 7) is 2.40. The van der Waals surface area contributed by atoms with Crippen molar-refractivity contribution in [3.8, 4) is 5.75 Å². The van der Waals surface area contributed by atoms with Gasteiger partial charge in [0.1, 0.15) is 5.75 Å². The highest BCUT2D eigenvalue weighted by atomic mass is 16.5. The number of aryl methyl sites for hydroxylation is 1. The number of hydrogen-bond acceptors (Lipinski definition) is 2. The maximum Gasteiger partial charge on any atom is 0.127 e. The first kappa shape index (κ1) is 16.4. The molecule has 24 heavy (non-hydrogen) atoms. The molecule has 0 heterocycles. The Hall–Kier alpha value is -1.02. The Morgan fingerprint density at radius 3 is 2.83 bits per heavy atom. The van der Waals surface area contributed by atoms with E-state index >= 15 is 0 Å². The Bertz CT molecular complexity index is 596. The van der Waals surface area contributed by atoms with E-state index in [2.05, 4.69) is 25.1 Å². The van der Waals surface area contributed by atoms with E-state index in [0.29, 0.717) is 11.5 Å². The monoisotopic (exact) mass is 327 g/mol. The van der Waals surface area contributed by atoms with Crippen molar-refractivity contribution in [1.82, 2.24) is 0 Å². The largest absolute Gasteiger partial charge is 0.496 e. The van der Waals surface area contributed by atoms with E-state index in [4.69, 9.17) is 9.47 Å². The normalized spacial score (nSPS) is 38.0. The summed E-state index contributed by atoms with van der Waals surface area (Å²) in [5, 5.41) is 0. The SMILES string of the molecule is CC[C@]12CC[C@@H]3c4cc(OC)[c]cc4CC[C@H]3[C@@H]1CCCC2OC. The first-order valence-corrected chi connectivity index (χ1v) is 9.84. The number of rotatable bonds is 3. The Balaban J connectivity index is 1.70. The highest BCUT2D eigenvalue weighted by Crippen LogP contribution is 2.61. The van der Waals surface area contributed by atoms with Crippen molar-refractivity contribution in [1.29, 1.82) is 0 Å². The van der Waals surface area contributed by atoms with Gasteiger partial charge in [0.05, 0.1) is 13.2 Å². The molecule has 0 aliphatic heterocycles. The molecule has 3 aliphatic rings. The molecular weight excluding hydrogens is 296 g/mol. The first-order chi connectivity index (χ1) is 11.7. The van der Waals surface area contributed by atoms with Crippen LogP contribution >= 0.6 is 0 Å². The molecule has 3 aliphatic carbocycles. The van der Waals surface area contributed by atoms with Crippen molar-refractivity contribution < 1.29 is 9.47 Å². The topological polar surface area (TPSA) is 18.5 Å². The van der Waals surface area contributed by atoms with E-state index in [1.807, 2.05) is 7.11 Å². The lowest BCUT2D eigenvalue weighted by atomic mass is 9.48. The van der Waals surface area contributed by atoms with E-state index < -0.39 is 0 Å². The maximum atomic E-state index is 6.02. The summed E-state index contributed by atoms with van der Waals surface area (Å²) in [4.78, 5) is 0. The van der Waals surface area contributed by atoms with Gasteiger partial charge >= 0.3 is 0 Å². The molecule has 0 aromatic heterocycles. The molecule has 2 heteroatoms. The van der Waals surface area contributed by atoms with Crippen LogP contribution in [0.15, 0.2) is 12.1 Å². The van der Waals surface area contributed by atoms with Crippen LogP contribution in [0.4, 0.5) is 0 Å². The molecule has 1 aromatic carbocycles. The summed E-state index contributed by atoms with van der Waals surface area (Å²) >= 11 is 0. The van der Waals surface area contributed by atoms with Crippen LogP contribution in [-0.4, -0.2) is 20.3 Å². The Labute approximate surface area is 146 Å². The zero-order valence-electron chi connectivity index (χ0n) is 15.4. The minimum Gasteiger partial charge on any atom is -0.496 e. The van der Waals surface area contributed by atoms with Crippen molar-refractivity contribution in [2.24, 2.45) is 17.3 Å². The summed E-state index contributed by atoms with van der Waals surface area (Å²) in [5.74, 6) is 3.29. The third kappa shape index (κ3) is 2.33. The number of hydrogen-bond donors (Lipinski definition) is 0. The Kier molecular flexibility index (Phi) is 4.36. The molecule has 0 amide bonds. The van der Waals surface area contributed by atoms with Crippen LogP contribution in [0.5, 0.6) is 5.75 Å². The van der Waals surface area contributed by atoms with E-state index in [-0.39, 0.29) is 0 Å². The number of fused-ring (bicyclic) bond motifs is 5. The molecule has 4 rings (SSSR count). The summed E-state index contributed by atoms with van der Waals surface area (Å²) in [5.41, 5.74) is 3.50. The van der Waals surface area contributed by atoms with Gasteiger partial charge in [0.15, 0.2) is 0 Å². The molecular formula is C22H31O2. The van der Waals surface area contributed by atoms with Crippen LogP contribution < -0.4 is 4.74 Å². The van der Waals surface area contributed by atoms with Crippen molar-refractivity contribution in [2.75, 3.05) is 14.2 Å². The molecule has 131 valence electrons. The van der Waals surface area contributed by atoms with Gasteiger partial charge in [-0.2, -0.15) is 0 Å². The van der Waals surface area contributed by atoms with Gasteiger partial charge in [-0.1, -0.05) is 13.3 Å². The number of ether oxygens (including phenoxy) is 2. The fourth-order valence-corrected chi connectivity index (χ4v) is 6.57. The molecule has 2 saturated carbocycles. The van der Waals surface area contributed by atoms with Crippen LogP contribution in [0, 0.1) is 23.3 Å². The van der Waals surface area contributed by atoms with Crippen molar-refractivity contribution in [2.45, 2.75) is 70.3 Å². The predicted molar refractivity (Wildman–Crippen MR) is 96.5 cm³/mol. The number of methoxy groups -OCH3 is 2. The highest BCUT2D eigenvalue weighted by molar-refractivity contribution is 5.40. The predicted octanol–water partition coefficient (Wildman–Crippen LogP) is 5.15. The van der Waals surface area contributed by atoms with Crippen molar-refractivity contribution >= 4 is 0 Å². The summed E-state index contributed by atoms with van der Waals surface area (Å²) in [6, 6.07) is 7.76. The van der Waals surface area contributed by atoms with E-state index in [9.17, 15) is 0 Å². The molecule has 2 fully saturated rings. The molecule has 0 bridgehead atoms. The summed E-state index contributed by atoms with van der Waals surface area (Å²) in [6.07, 6.45) is 11.0. The highest BCUT2D eigenvalue weighted by Gasteiger charge is 2.54. The van der Waals surface area contributed by atoms with Crippen LogP contribution in [0.25, 0.3) is 0 Å². The zero-order valence-corrected chi connectivity index (χ0v) is 15.4. The second kappa shape index (κ2) is 6.37. The van der Waals surface area contributed by atoms with Gasteiger partial charge in [-0.25, -0.2) is 0 Å². The standard InChI is InChI=1S/C22H31O2/c1-4-22-13-12-17-18(20(22)6-5-7-21(22)24-3)11-9-15-8-10-16(23-2)14-19(15)17/h8,14,17-18,20-21H,4-7,9,11-13H2,1-3H3/t17-,18+,20-,21?,22-/m0/s1. The lowest BCUT2D eigenvalue weighted by Gasteiger charge is -2.58. The fraction of sp³-hybridized carbons (Fsp3) is 0.727. The third-order valence-corrected chi connectivity index (χ3v) is 7.67. The van der Waals surface area contributed by atoms with Gasteiger partial charge < -0.3 is 9.47 Å². The van der Waals surface area contributed by atoms with Gasteiger partial charge in [0, 0.05) is 13.2 Å². The molecule has 1 unspecified atom stereocenters. The summed E-state index contributed by atoms with van der Waals surface area (Å²) in [7, 11) is 3.69. The lowest BCUT2D eigenvalue weighted by molar-refractivity contribution is -0.127. The van der Waals surface area contributed by atoms with Gasteiger partial charge in [0.2, 0.25) is 0 Å². The Morgan fingerprint density at radius 2 is 2.08 bits per heavy atom. The summed E-state index contributed by atoms with van der Waals surface area (Å²) < 4.78 is 11.5. The van der Waals surface area contributed by atoms with Crippen molar-refractivity contribution in [3.05, 3.63) is 29.3 Å². The molecule has 1 radical (unpaired) electrons. The van der Waals surface area contributed by atoms with E-state index in [1.54, 1.807) is 12.7 Å². The van der Waals surface area contributed by atoms with Crippen LogP contribution in [-0.2, 0) is 11.2 Å². The molecule has 0 saturated heterocycles.